The standard InChI is InChI=1S/C11H9F4NO/c1-2-9(17)16-10(11(13,14)15)7-3-5-8(12)6-4-7/h2-6,10H,1H2,(H,16,17). The molecule has 92 valence electrons. The Hall–Kier alpha value is -1.85. The van der Waals surface area contributed by atoms with Crippen LogP contribution in [-0.2, 0) is 4.79 Å². The summed E-state index contributed by atoms with van der Waals surface area (Å²) in [4.78, 5) is 10.9. The van der Waals surface area contributed by atoms with Crippen molar-refractivity contribution in [1.82, 2.24) is 5.32 Å². The van der Waals surface area contributed by atoms with Crippen molar-refractivity contribution in [3.05, 3.63) is 48.3 Å². The van der Waals surface area contributed by atoms with Gasteiger partial charge in [0.1, 0.15) is 5.82 Å². The second-order valence-corrected chi connectivity index (χ2v) is 3.24. The molecule has 1 rings (SSSR count). The first kappa shape index (κ1) is 13.2. The molecule has 1 N–H and O–H groups in total. The molecule has 0 saturated heterocycles. The monoisotopic (exact) mass is 247 g/mol. The fourth-order valence-corrected chi connectivity index (χ4v) is 1.21. The number of nitrogens with one attached hydrogen (secondary N) is 1. The highest BCUT2D eigenvalue weighted by atomic mass is 19.4. The van der Waals surface area contributed by atoms with Gasteiger partial charge in [-0.3, -0.25) is 4.79 Å². The number of alkyl halides is 3. The highest BCUT2D eigenvalue weighted by molar-refractivity contribution is 5.87. The average molecular weight is 247 g/mol. The van der Waals surface area contributed by atoms with Gasteiger partial charge in [-0.25, -0.2) is 4.39 Å². The second-order valence-electron chi connectivity index (χ2n) is 3.24. The largest absolute Gasteiger partial charge is 0.412 e. The van der Waals surface area contributed by atoms with Crippen LogP contribution in [0.5, 0.6) is 0 Å². The maximum Gasteiger partial charge on any atom is 0.412 e. The SMILES string of the molecule is C=CC(=O)NC(c1ccc(F)cc1)C(F)(F)F. The lowest BCUT2D eigenvalue weighted by Crippen LogP contribution is -2.37. The summed E-state index contributed by atoms with van der Waals surface area (Å²) in [5.41, 5.74) is -0.242. The molecular formula is C11H9F4NO. The second kappa shape index (κ2) is 4.99. The molecule has 0 aliphatic heterocycles. The minimum absolute atomic E-state index is 0.242. The van der Waals surface area contributed by atoms with E-state index in [2.05, 4.69) is 6.58 Å². The maximum atomic E-state index is 12.7. The van der Waals surface area contributed by atoms with Gasteiger partial charge >= 0.3 is 6.18 Å². The Balaban J connectivity index is 3.02. The van der Waals surface area contributed by atoms with E-state index in [4.69, 9.17) is 0 Å². The first-order valence-electron chi connectivity index (χ1n) is 4.59. The maximum absolute atomic E-state index is 12.7. The van der Waals surface area contributed by atoms with Gasteiger partial charge in [0.25, 0.3) is 0 Å². The van der Waals surface area contributed by atoms with E-state index in [1.165, 1.54) is 0 Å². The molecule has 1 aromatic rings. The van der Waals surface area contributed by atoms with E-state index in [9.17, 15) is 22.4 Å². The van der Waals surface area contributed by atoms with Gasteiger partial charge in [0.05, 0.1) is 0 Å². The Morgan fingerprint density at radius 3 is 2.24 bits per heavy atom. The lowest BCUT2D eigenvalue weighted by atomic mass is 10.1. The van der Waals surface area contributed by atoms with Crippen LogP contribution in [0.3, 0.4) is 0 Å². The van der Waals surface area contributed by atoms with Crippen molar-refractivity contribution in [3.8, 4) is 0 Å². The van der Waals surface area contributed by atoms with Crippen LogP contribution < -0.4 is 5.32 Å². The zero-order valence-corrected chi connectivity index (χ0v) is 8.59. The fourth-order valence-electron chi connectivity index (χ4n) is 1.21. The predicted molar refractivity (Wildman–Crippen MR) is 53.5 cm³/mol. The van der Waals surface area contributed by atoms with E-state index < -0.39 is 23.9 Å². The Kier molecular flexibility index (Phi) is 3.88. The number of benzene rings is 1. The van der Waals surface area contributed by atoms with Crippen molar-refractivity contribution in [2.45, 2.75) is 12.2 Å². The summed E-state index contributed by atoms with van der Waals surface area (Å²) >= 11 is 0. The first-order chi connectivity index (χ1) is 7.84. The van der Waals surface area contributed by atoms with Gasteiger partial charge in [-0.2, -0.15) is 13.2 Å². The molecule has 2 nitrogen and oxygen atoms in total. The van der Waals surface area contributed by atoms with Crippen LogP contribution in [0.4, 0.5) is 17.6 Å². The third-order valence-electron chi connectivity index (χ3n) is 2.00. The van der Waals surface area contributed by atoms with Crippen molar-refractivity contribution in [3.63, 3.8) is 0 Å². The van der Waals surface area contributed by atoms with Crippen molar-refractivity contribution >= 4 is 5.91 Å². The van der Waals surface area contributed by atoms with Crippen LogP contribution in [0.2, 0.25) is 0 Å². The van der Waals surface area contributed by atoms with Gasteiger partial charge in [0.15, 0.2) is 6.04 Å². The highest BCUT2D eigenvalue weighted by Crippen LogP contribution is 2.32. The molecule has 0 saturated carbocycles. The molecule has 0 bridgehead atoms. The zero-order chi connectivity index (χ0) is 13.1. The predicted octanol–water partition coefficient (Wildman–Crippen LogP) is 2.73. The molecule has 17 heavy (non-hydrogen) atoms. The summed E-state index contributed by atoms with van der Waals surface area (Å²) in [5, 5.41) is 1.74. The van der Waals surface area contributed by atoms with Crippen LogP contribution in [-0.4, -0.2) is 12.1 Å². The highest BCUT2D eigenvalue weighted by Gasteiger charge is 2.41. The summed E-state index contributed by atoms with van der Waals surface area (Å²) < 4.78 is 50.6. The molecule has 0 heterocycles. The quantitative estimate of drug-likeness (QED) is 0.645. The smallest absolute Gasteiger partial charge is 0.337 e. The minimum Gasteiger partial charge on any atom is -0.337 e. The Morgan fingerprint density at radius 1 is 1.29 bits per heavy atom. The minimum atomic E-state index is -4.66. The molecular weight excluding hydrogens is 238 g/mol. The van der Waals surface area contributed by atoms with Gasteiger partial charge in [-0.05, 0) is 23.8 Å². The van der Waals surface area contributed by atoms with Crippen molar-refractivity contribution in [2.75, 3.05) is 0 Å². The van der Waals surface area contributed by atoms with E-state index >= 15 is 0 Å². The number of rotatable bonds is 3. The summed E-state index contributed by atoms with van der Waals surface area (Å²) in [5.74, 6) is -1.60. The van der Waals surface area contributed by atoms with Crippen LogP contribution >= 0.6 is 0 Å². The number of carbonyl (C=O) groups excluding carboxylic acids is 1. The molecule has 1 atom stereocenters. The van der Waals surface area contributed by atoms with Gasteiger partial charge in [0.2, 0.25) is 5.91 Å². The molecule has 0 aliphatic carbocycles. The number of amides is 1. The molecule has 0 radical (unpaired) electrons. The number of carbonyl (C=O) groups is 1. The fraction of sp³-hybridized carbons (Fsp3) is 0.182. The molecule has 0 aliphatic rings. The lowest BCUT2D eigenvalue weighted by molar-refractivity contribution is -0.162. The first-order valence-corrected chi connectivity index (χ1v) is 4.59. The molecule has 0 spiro atoms. The van der Waals surface area contributed by atoms with E-state index in [-0.39, 0.29) is 5.56 Å². The normalized spacial score (nSPS) is 12.9. The average Bonchev–Trinajstić information content (AvgIpc) is 2.25. The topological polar surface area (TPSA) is 29.1 Å². The third-order valence-corrected chi connectivity index (χ3v) is 2.00. The number of hydrogen-bond donors (Lipinski definition) is 1. The molecule has 1 amide bonds. The van der Waals surface area contributed by atoms with Gasteiger partial charge in [-0.15, -0.1) is 0 Å². The number of halogens is 4. The molecule has 1 aromatic carbocycles. The van der Waals surface area contributed by atoms with Gasteiger partial charge < -0.3 is 5.32 Å². The summed E-state index contributed by atoms with van der Waals surface area (Å²) in [6.45, 7) is 3.06. The zero-order valence-electron chi connectivity index (χ0n) is 8.59. The van der Waals surface area contributed by atoms with Gasteiger partial charge in [0, 0.05) is 0 Å². The Labute approximate surface area is 94.9 Å². The van der Waals surface area contributed by atoms with E-state index in [0.29, 0.717) is 0 Å². The third kappa shape index (κ3) is 3.58. The van der Waals surface area contributed by atoms with Crippen LogP contribution in [0, 0.1) is 5.82 Å². The molecule has 0 aromatic heterocycles. The van der Waals surface area contributed by atoms with Crippen molar-refractivity contribution in [2.24, 2.45) is 0 Å². The molecule has 6 heteroatoms. The van der Waals surface area contributed by atoms with E-state index in [1.807, 2.05) is 0 Å². The van der Waals surface area contributed by atoms with Crippen molar-refractivity contribution in [1.29, 1.82) is 0 Å². The Morgan fingerprint density at radius 2 is 1.82 bits per heavy atom. The van der Waals surface area contributed by atoms with Crippen LogP contribution in [0.25, 0.3) is 0 Å². The van der Waals surface area contributed by atoms with E-state index in [0.717, 1.165) is 30.3 Å². The van der Waals surface area contributed by atoms with Crippen LogP contribution in [0.15, 0.2) is 36.9 Å². The van der Waals surface area contributed by atoms with Crippen molar-refractivity contribution < 1.29 is 22.4 Å². The summed E-state index contributed by atoms with van der Waals surface area (Å²) in [6, 6.07) is 1.56. The van der Waals surface area contributed by atoms with Crippen LogP contribution in [0.1, 0.15) is 11.6 Å². The van der Waals surface area contributed by atoms with E-state index in [1.54, 1.807) is 5.32 Å². The number of hydrogen-bond acceptors (Lipinski definition) is 1. The Bertz CT molecular complexity index is 410. The molecule has 0 fully saturated rings. The summed E-state index contributed by atoms with van der Waals surface area (Å²) in [6.07, 6.45) is -3.92. The lowest BCUT2D eigenvalue weighted by Gasteiger charge is -2.21. The summed E-state index contributed by atoms with van der Waals surface area (Å²) in [7, 11) is 0. The molecule has 1 unspecified atom stereocenters. The van der Waals surface area contributed by atoms with Gasteiger partial charge in [-0.1, -0.05) is 18.7 Å².